The summed E-state index contributed by atoms with van der Waals surface area (Å²) in [4.78, 5) is 41.4. The number of nitrogens with zero attached hydrogens (tertiary/aromatic N) is 3. The van der Waals surface area contributed by atoms with Crippen LogP contribution in [0.2, 0.25) is 0 Å². The van der Waals surface area contributed by atoms with Gasteiger partial charge in [0.05, 0.1) is 10.9 Å². The molecule has 0 atom stereocenters. The van der Waals surface area contributed by atoms with Crippen molar-refractivity contribution in [1.29, 1.82) is 0 Å². The predicted octanol–water partition coefficient (Wildman–Crippen LogP) is 0.339. The van der Waals surface area contributed by atoms with E-state index in [0.717, 1.165) is 9.69 Å². The van der Waals surface area contributed by atoms with E-state index in [1.54, 1.807) is 25.1 Å². The maximum atomic E-state index is 12.8. The van der Waals surface area contributed by atoms with E-state index in [-0.39, 0.29) is 31.2 Å². The Kier molecular flexibility index (Phi) is 3.50. The summed E-state index contributed by atoms with van der Waals surface area (Å²) in [6.07, 6.45) is 0.999. The molecule has 2 amide bonds. The Labute approximate surface area is 126 Å². The Morgan fingerprint density at radius 3 is 2.50 bits per heavy atom. The Balaban J connectivity index is 2.32. The van der Waals surface area contributed by atoms with Gasteiger partial charge in [0.2, 0.25) is 11.8 Å². The number of fused-ring (bicyclic) bond motifs is 1. The van der Waals surface area contributed by atoms with E-state index in [4.69, 9.17) is 5.73 Å². The van der Waals surface area contributed by atoms with Crippen LogP contribution in [0, 0.1) is 6.92 Å². The van der Waals surface area contributed by atoms with E-state index in [9.17, 15) is 14.4 Å². The molecule has 7 heteroatoms. The minimum atomic E-state index is -0.438. The monoisotopic (exact) mass is 300 g/mol. The highest BCUT2D eigenvalue weighted by Crippen LogP contribution is 2.16. The first kappa shape index (κ1) is 14.4. The molecule has 2 N–H and O–H groups in total. The van der Waals surface area contributed by atoms with Gasteiger partial charge in [-0.1, -0.05) is 12.1 Å². The van der Waals surface area contributed by atoms with Crippen molar-refractivity contribution >= 4 is 22.7 Å². The number of hydrogen-bond donors (Lipinski definition) is 1. The molecular weight excluding hydrogens is 284 g/mol. The van der Waals surface area contributed by atoms with Crippen molar-refractivity contribution in [1.82, 2.24) is 9.66 Å². The normalized spacial score (nSPS) is 15.6. The lowest BCUT2D eigenvalue weighted by molar-refractivity contribution is -0.131. The number of amides is 2. The standard InChI is InChI=1S/C15H16N4O3/c1-9-17-11-5-2-4-10(8-16)14(11)15(22)18(9)19-12(20)6-3-7-13(19)21/h2,4-5H,3,6-8,16H2,1H3. The van der Waals surface area contributed by atoms with Gasteiger partial charge in [-0.2, -0.15) is 9.69 Å². The Bertz CT molecular complexity index is 825. The molecule has 1 aliphatic rings. The third-order valence-corrected chi connectivity index (χ3v) is 3.80. The molecule has 3 rings (SSSR count). The molecule has 2 heterocycles. The lowest BCUT2D eigenvalue weighted by atomic mass is 10.1. The zero-order valence-corrected chi connectivity index (χ0v) is 12.2. The van der Waals surface area contributed by atoms with E-state index >= 15 is 0 Å². The molecule has 2 aromatic rings. The number of rotatable bonds is 2. The van der Waals surface area contributed by atoms with Crippen molar-refractivity contribution in [3.05, 3.63) is 39.9 Å². The Morgan fingerprint density at radius 1 is 1.18 bits per heavy atom. The van der Waals surface area contributed by atoms with Crippen LogP contribution in [0.5, 0.6) is 0 Å². The maximum absolute atomic E-state index is 12.8. The van der Waals surface area contributed by atoms with E-state index in [0.29, 0.717) is 28.7 Å². The van der Waals surface area contributed by atoms with Gasteiger partial charge in [-0.05, 0) is 25.0 Å². The van der Waals surface area contributed by atoms with Crippen molar-refractivity contribution in [3.63, 3.8) is 0 Å². The van der Waals surface area contributed by atoms with E-state index in [1.165, 1.54) is 0 Å². The molecule has 114 valence electrons. The predicted molar refractivity (Wildman–Crippen MR) is 80.7 cm³/mol. The molecule has 7 nitrogen and oxygen atoms in total. The number of nitrogens with two attached hydrogens (primary N) is 1. The molecule has 0 spiro atoms. The highest BCUT2D eigenvalue weighted by molar-refractivity contribution is 6.10. The van der Waals surface area contributed by atoms with Crippen molar-refractivity contribution in [3.8, 4) is 0 Å². The first-order valence-corrected chi connectivity index (χ1v) is 7.12. The number of hydrogen-bond acceptors (Lipinski definition) is 5. The van der Waals surface area contributed by atoms with Crippen LogP contribution in [0.25, 0.3) is 10.9 Å². The van der Waals surface area contributed by atoms with Crippen molar-refractivity contribution in [2.45, 2.75) is 32.7 Å². The van der Waals surface area contributed by atoms with E-state index < -0.39 is 5.56 Å². The minimum Gasteiger partial charge on any atom is -0.326 e. The van der Waals surface area contributed by atoms with Crippen LogP contribution < -0.4 is 16.3 Å². The summed E-state index contributed by atoms with van der Waals surface area (Å²) in [6.45, 7) is 1.78. The molecule has 1 aromatic carbocycles. The summed E-state index contributed by atoms with van der Waals surface area (Å²) in [5.41, 5.74) is 6.40. The maximum Gasteiger partial charge on any atom is 0.281 e. The molecule has 1 fully saturated rings. The SMILES string of the molecule is Cc1nc2cccc(CN)c2c(=O)n1N1C(=O)CCCC1=O. The zero-order chi connectivity index (χ0) is 15.9. The van der Waals surface area contributed by atoms with Crippen molar-refractivity contribution < 1.29 is 9.59 Å². The van der Waals surface area contributed by atoms with Gasteiger partial charge in [-0.15, -0.1) is 0 Å². The van der Waals surface area contributed by atoms with Crippen LogP contribution in [-0.4, -0.2) is 21.5 Å². The minimum absolute atomic E-state index is 0.180. The summed E-state index contributed by atoms with van der Waals surface area (Å²) < 4.78 is 1.07. The molecule has 0 radical (unpaired) electrons. The second-order valence-corrected chi connectivity index (χ2v) is 5.24. The second-order valence-electron chi connectivity index (χ2n) is 5.24. The largest absolute Gasteiger partial charge is 0.326 e. The lowest BCUT2D eigenvalue weighted by Crippen LogP contribution is -2.53. The van der Waals surface area contributed by atoms with Gasteiger partial charge >= 0.3 is 0 Å². The fourth-order valence-electron chi connectivity index (χ4n) is 2.77. The summed E-state index contributed by atoms with van der Waals surface area (Å²) in [5.74, 6) is -0.462. The van der Waals surface area contributed by atoms with Gasteiger partial charge in [0.25, 0.3) is 5.56 Å². The summed E-state index contributed by atoms with van der Waals surface area (Å²) in [7, 11) is 0. The van der Waals surface area contributed by atoms with Gasteiger partial charge in [0.15, 0.2) is 0 Å². The molecule has 0 saturated carbocycles. The number of piperidine rings is 1. The second kappa shape index (κ2) is 5.34. The fourth-order valence-corrected chi connectivity index (χ4v) is 2.77. The van der Waals surface area contributed by atoms with Crippen molar-refractivity contribution in [2.24, 2.45) is 5.73 Å². The van der Waals surface area contributed by atoms with Crippen LogP contribution in [0.3, 0.4) is 0 Å². The molecule has 0 unspecified atom stereocenters. The Hall–Kier alpha value is -2.54. The molecule has 0 aliphatic carbocycles. The van der Waals surface area contributed by atoms with E-state index in [2.05, 4.69) is 4.98 Å². The third-order valence-electron chi connectivity index (χ3n) is 3.80. The Morgan fingerprint density at radius 2 is 1.86 bits per heavy atom. The van der Waals surface area contributed by atoms with Gasteiger partial charge in [0, 0.05) is 19.4 Å². The molecule has 1 saturated heterocycles. The summed E-state index contributed by atoms with van der Waals surface area (Å²) >= 11 is 0. The highest BCUT2D eigenvalue weighted by Gasteiger charge is 2.30. The smallest absolute Gasteiger partial charge is 0.281 e. The van der Waals surface area contributed by atoms with Gasteiger partial charge < -0.3 is 5.73 Å². The summed E-state index contributed by atoms with van der Waals surface area (Å²) in [6, 6.07) is 5.23. The summed E-state index contributed by atoms with van der Waals surface area (Å²) in [5, 5.41) is 1.27. The first-order chi connectivity index (χ1) is 10.5. The molecular formula is C15H16N4O3. The quantitative estimate of drug-likeness (QED) is 0.806. The van der Waals surface area contributed by atoms with Crippen molar-refractivity contribution in [2.75, 3.05) is 5.01 Å². The molecule has 0 bridgehead atoms. The molecule has 1 aromatic heterocycles. The van der Waals surface area contributed by atoms with Crippen LogP contribution >= 0.6 is 0 Å². The fraction of sp³-hybridized carbons (Fsp3) is 0.333. The zero-order valence-electron chi connectivity index (χ0n) is 12.2. The topological polar surface area (TPSA) is 98.3 Å². The highest BCUT2D eigenvalue weighted by atomic mass is 16.2. The number of carbonyl (C=O) groups excluding carboxylic acids is 2. The van der Waals surface area contributed by atoms with Crippen LogP contribution in [0.1, 0.15) is 30.7 Å². The molecule has 22 heavy (non-hydrogen) atoms. The first-order valence-electron chi connectivity index (χ1n) is 7.12. The average Bonchev–Trinajstić information content (AvgIpc) is 2.49. The van der Waals surface area contributed by atoms with Gasteiger partial charge in [0.1, 0.15) is 5.82 Å². The van der Waals surface area contributed by atoms with Crippen LogP contribution in [0.15, 0.2) is 23.0 Å². The number of carbonyl (C=O) groups is 2. The third kappa shape index (κ3) is 2.10. The number of benzene rings is 1. The number of aromatic nitrogens is 2. The number of imide groups is 1. The van der Waals surface area contributed by atoms with Gasteiger partial charge in [-0.3, -0.25) is 14.4 Å². The van der Waals surface area contributed by atoms with Crippen LogP contribution in [0.4, 0.5) is 0 Å². The average molecular weight is 300 g/mol. The van der Waals surface area contributed by atoms with Gasteiger partial charge in [-0.25, -0.2) is 4.98 Å². The van der Waals surface area contributed by atoms with E-state index in [1.807, 2.05) is 0 Å². The van der Waals surface area contributed by atoms with Crippen LogP contribution in [-0.2, 0) is 16.1 Å². The number of aryl methyl sites for hydroxylation is 1. The molecule has 1 aliphatic heterocycles. The lowest BCUT2D eigenvalue weighted by Gasteiger charge is -2.27.